The molecule has 3 nitrogen and oxygen atoms in total. The van der Waals surface area contributed by atoms with Crippen molar-refractivity contribution >= 4 is 5.78 Å². The van der Waals surface area contributed by atoms with Gasteiger partial charge in [-0.1, -0.05) is 47.5 Å². The van der Waals surface area contributed by atoms with Crippen LogP contribution in [0.2, 0.25) is 0 Å². The second kappa shape index (κ2) is 10.2. The summed E-state index contributed by atoms with van der Waals surface area (Å²) >= 11 is 0. The van der Waals surface area contributed by atoms with E-state index in [0.717, 1.165) is 36.5 Å². The van der Waals surface area contributed by atoms with E-state index in [4.69, 9.17) is 0 Å². The molecule has 2 fully saturated rings. The van der Waals surface area contributed by atoms with Crippen LogP contribution in [0.25, 0.3) is 0 Å². The van der Waals surface area contributed by atoms with Gasteiger partial charge in [-0.05, 0) is 74.9 Å². The van der Waals surface area contributed by atoms with Gasteiger partial charge in [-0.3, -0.25) is 4.79 Å². The van der Waals surface area contributed by atoms with E-state index in [1.165, 1.54) is 45.3 Å². The summed E-state index contributed by atoms with van der Waals surface area (Å²) < 4.78 is 0. The van der Waals surface area contributed by atoms with Gasteiger partial charge in [0.05, 0.1) is 6.04 Å². The lowest BCUT2D eigenvalue weighted by molar-refractivity contribution is -0.119. The Morgan fingerprint density at radius 3 is 2.35 bits per heavy atom. The molecule has 0 aromatic rings. The van der Waals surface area contributed by atoms with Crippen molar-refractivity contribution in [2.45, 2.75) is 79.2 Å². The molecule has 2 aliphatic rings. The quantitative estimate of drug-likeness (QED) is 0.614. The van der Waals surface area contributed by atoms with Crippen molar-refractivity contribution in [3.8, 4) is 0 Å². The van der Waals surface area contributed by atoms with Crippen LogP contribution in [-0.2, 0) is 4.79 Å². The number of ketones is 1. The second-order valence-electron chi connectivity index (χ2n) is 9.51. The van der Waals surface area contributed by atoms with Crippen molar-refractivity contribution in [2.75, 3.05) is 26.7 Å². The summed E-state index contributed by atoms with van der Waals surface area (Å²) in [6, 6.07) is 0.114. The van der Waals surface area contributed by atoms with Crippen molar-refractivity contribution in [1.29, 1.82) is 0 Å². The van der Waals surface area contributed by atoms with Gasteiger partial charge < -0.3 is 10.2 Å². The van der Waals surface area contributed by atoms with Gasteiger partial charge in [0.1, 0.15) is 5.78 Å². The first-order chi connectivity index (χ1) is 12.4. The molecule has 0 aromatic heterocycles. The Kier molecular flexibility index (Phi) is 8.60. The number of hydrogen-bond acceptors (Lipinski definition) is 3. The maximum absolute atomic E-state index is 12.1. The van der Waals surface area contributed by atoms with Crippen molar-refractivity contribution in [3.05, 3.63) is 0 Å². The molecule has 0 bridgehead atoms. The summed E-state index contributed by atoms with van der Waals surface area (Å²) in [5, 5.41) is 3.21. The molecular weight excluding hydrogens is 320 g/mol. The topological polar surface area (TPSA) is 32.3 Å². The first kappa shape index (κ1) is 21.9. The number of carbonyl (C=O) groups is 1. The molecule has 0 amide bonds. The van der Waals surface area contributed by atoms with Gasteiger partial charge in [0.25, 0.3) is 0 Å². The molecule has 0 aromatic carbocycles. The number of nitrogens with one attached hydrogen (secondary N) is 1. The predicted molar refractivity (Wildman–Crippen MR) is 111 cm³/mol. The molecule has 152 valence electrons. The van der Waals surface area contributed by atoms with Crippen molar-refractivity contribution in [2.24, 2.45) is 35.5 Å². The fourth-order valence-corrected chi connectivity index (χ4v) is 6.09. The summed E-state index contributed by atoms with van der Waals surface area (Å²) in [6.45, 7) is 15.8. The summed E-state index contributed by atoms with van der Waals surface area (Å²) in [7, 11) is 1.93. The lowest BCUT2D eigenvalue weighted by Crippen LogP contribution is -2.30. The third-order valence-electron chi connectivity index (χ3n) is 7.69. The lowest BCUT2D eigenvalue weighted by atomic mass is 9.78. The zero-order valence-electron chi connectivity index (χ0n) is 18.3. The Balaban J connectivity index is 1.80. The van der Waals surface area contributed by atoms with Crippen LogP contribution in [0, 0.1) is 35.5 Å². The molecule has 1 saturated heterocycles. The molecule has 6 atom stereocenters. The van der Waals surface area contributed by atoms with Crippen LogP contribution in [0.1, 0.15) is 73.1 Å². The maximum Gasteiger partial charge on any atom is 0.150 e. The minimum absolute atomic E-state index is 0.114. The van der Waals surface area contributed by atoms with Gasteiger partial charge >= 0.3 is 0 Å². The molecule has 1 N–H and O–H groups in total. The zero-order chi connectivity index (χ0) is 19.3. The Morgan fingerprint density at radius 1 is 1.12 bits per heavy atom. The fourth-order valence-electron chi connectivity index (χ4n) is 6.09. The average molecular weight is 365 g/mol. The molecule has 3 heteroatoms. The Hall–Kier alpha value is -0.410. The van der Waals surface area contributed by atoms with E-state index < -0.39 is 0 Å². The van der Waals surface area contributed by atoms with E-state index >= 15 is 0 Å². The number of hydrogen-bond donors (Lipinski definition) is 1. The monoisotopic (exact) mass is 364 g/mol. The molecule has 1 heterocycles. The van der Waals surface area contributed by atoms with E-state index in [0.29, 0.717) is 17.6 Å². The summed E-state index contributed by atoms with van der Waals surface area (Å²) in [5.41, 5.74) is 0. The molecule has 0 radical (unpaired) electrons. The van der Waals surface area contributed by atoms with E-state index in [9.17, 15) is 4.79 Å². The van der Waals surface area contributed by atoms with Crippen LogP contribution in [0.3, 0.4) is 0 Å². The molecular formula is C23H44N2O. The molecule has 1 aliphatic heterocycles. The van der Waals surface area contributed by atoms with Crippen LogP contribution in [-0.4, -0.2) is 43.4 Å². The largest absolute Gasteiger partial charge is 0.311 e. The van der Waals surface area contributed by atoms with E-state index in [1.54, 1.807) is 0 Å². The smallest absolute Gasteiger partial charge is 0.150 e. The normalized spacial score (nSPS) is 30.9. The van der Waals surface area contributed by atoms with Gasteiger partial charge in [-0.2, -0.15) is 0 Å². The Morgan fingerprint density at radius 2 is 1.81 bits per heavy atom. The number of rotatable bonds is 10. The minimum atomic E-state index is 0.114. The van der Waals surface area contributed by atoms with Gasteiger partial charge in [-0.25, -0.2) is 0 Å². The van der Waals surface area contributed by atoms with Crippen molar-refractivity contribution < 1.29 is 4.79 Å². The van der Waals surface area contributed by atoms with Gasteiger partial charge in [-0.15, -0.1) is 0 Å². The number of likely N-dealkylation sites (N-methyl/N-ethyl adjacent to an activating group) is 1. The summed E-state index contributed by atoms with van der Waals surface area (Å²) in [6.07, 6.45) is 7.07. The molecule has 26 heavy (non-hydrogen) atoms. The van der Waals surface area contributed by atoms with Crippen LogP contribution in [0.4, 0.5) is 0 Å². The SMILES string of the molecule is CCC(C(C)CCN1CC[C@H](C(CC)C(C)C)C1)C1CC(=O)C(NC)C1. The Bertz CT molecular complexity index is 436. The van der Waals surface area contributed by atoms with Crippen LogP contribution in [0.5, 0.6) is 0 Å². The molecule has 2 rings (SSSR count). The first-order valence-corrected chi connectivity index (χ1v) is 11.3. The van der Waals surface area contributed by atoms with E-state index in [-0.39, 0.29) is 6.04 Å². The third-order valence-corrected chi connectivity index (χ3v) is 7.69. The van der Waals surface area contributed by atoms with Crippen LogP contribution < -0.4 is 5.32 Å². The number of likely N-dealkylation sites (tertiary alicyclic amines) is 1. The molecule has 1 aliphatic carbocycles. The van der Waals surface area contributed by atoms with Gasteiger partial charge in [0.2, 0.25) is 0 Å². The lowest BCUT2D eigenvalue weighted by Gasteiger charge is -2.30. The first-order valence-electron chi connectivity index (χ1n) is 11.3. The van der Waals surface area contributed by atoms with Gasteiger partial charge in [0.15, 0.2) is 0 Å². The Labute approximate surface area is 162 Å². The highest BCUT2D eigenvalue weighted by atomic mass is 16.1. The predicted octanol–water partition coefficient (Wildman–Crippen LogP) is 4.61. The third kappa shape index (κ3) is 5.32. The second-order valence-corrected chi connectivity index (χ2v) is 9.51. The van der Waals surface area contributed by atoms with E-state index in [1.807, 2.05) is 7.05 Å². The van der Waals surface area contributed by atoms with E-state index in [2.05, 4.69) is 44.8 Å². The number of carbonyl (C=O) groups excluding carboxylic acids is 1. The summed E-state index contributed by atoms with van der Waals surface area (Å²) in [5.74, 6) is 5.06. The van der Waals surface area contributed by atoms with Crippen molar-refractivity contribution in [3.63, 3.8) is 0 Å². The van der Waals surface area contributed by atoms with Crippen LogP contribution >= 0.6 is 0 Å². The zero-order valence-corrected chi connectivity index (χ0v) is 18.3. The average Bonchev–Trinajstić information content (AvgIpc) is 3.21. The molecule has 1 saturated carbocycles. The molecule has 5 unspecified atom stereocenters. The maximum atomic E-state index is 12.1. The summed E-state index contributed by atoms with van der Waals surface area (Å²) in [4.78, 5) is 14.9. The highest BCUT2D eigenvalue weighted by Crippen LogP contribution is 2.37. The van der Waals surface area contributed by atoms with Crippen molar-refractivity contribution in [1.82, 2.24) is 10.2 Å². The minimum Gasteiger partial charge on any atom is -0.311 e. The molecule has 0 spiro atoms. The number of Topliss-reactive ketones (excluding diaryl/α,β-unsaturated/α-hetero) is 1. The standard InChI is InChI=1S/C23H44N2O/c1-7-20(16(3)4)18-10-12-25(15-18)11-9-17(5)21(8-2)19-13-22(24-6)23(26)14-19/h16-22,24H,7-15H2,1-6H3/t17?,18-,19?,20?,21?,22?/m0/s1. The van der Waals surface area contributed by atoms with Gasteiger partial charge in [0, 0.05) is 13.0 Å². The highest BCUT2D eigenvalue weighted by molar-refractivity contribution is 5.86. The van der Waals surface area contributed by atoms with Crippen LogP contribution in [0.15, 0.2) is 0 Å². The number of nitrogens with zero attached hydrogens (tertiary/aromatic N) is 1. The fraction of sp³-hybridized carbons (Fsp3) is 0.957. The highest BCUT2D eigenvalue weighted by Gasteiger charge is 2.37.